The van der Waals surface area contributed by atoms with E-state index in [1.54, 1.807) is 6.07 Å². The fraction of sp³-hybridized carbons (Fsp3) is 0.300. The van der Waals surface area contributed by atoms with Crippen molar-refractivity contribution >= 4 is 28.5 Å². The molecule has 1 heterocycles. The second kappa shape index (κ2) is 8.23. The number of rotatable bonds is 7. The number of amides is 1. The Morgan fingerprint density at radius 1 is 1.12 bits per heavy atom. The standard InChI is InChI=1S/C20H22ClN3O2/c1-3-23(4-2)20(25)13-24-17-11-7-6-10-16(17)22-19(24)14-26-18-12-8-5-9-15(18)21/h5-12H,3-4,13-14H2,1-2H3. The molecule has 0 N–H and O–H groups in total. The third-order valence-electron chi connectivity index (χ3n) is 4.34. The minimum absolute atomic E-state index is 0.0668. The Morgan fingerprint density at radius 2 is 1.81 bits per heavy atom. The highest BCUT2D eigenvalue weighted by atomic mass is 35.5. The molecule has 0 atom stereocenters. The van der Waals surface area contributed by atoms with Crippen molar-refractivity contribution in [1.29, 1.82) is 0 Å². The summed E-state index contributed by atoms with van der Waals surface area (Å²) in [6, 6.07) is 15.1. The zero-order chi connectivity index (χ0) is 18.5. The van der Waals surface area contributed by atoms with Gasteiger partial charge in [0.05, 0.1) is 16.1 Å². The Balaban J connectivity index is 1.89. The van der Waals surface area contributed by atoms with Crippen LogP contribution in [0.2, 0.25) is 5.02 Å². The number of hydrogen-bond donors (Lipinski definition) is 0. The molecule has 0 spiro atoms. The minimum Gasteiger partial charge on any atom is -0.484 e. The van der Waals surface area contributed by atoms with Crippen molar-refractivity contribution in [1.82, 2.24) is 14.5 Å². The molecular formula is C20H22ClN3O2. The highest BCUT2D eigenvalue weighted by Crippen LogP contribution is 2.25. The zero-order valence-electron chi connectivity index (χ0n) is 15.0. The number of benzene rings is 2. The lowest BCUT2D eigenvalue weighted by atomic mass is 10.3. The number of imidazole rings is 1. The molecular weight excluding hydrogens is 350 g/mol. The van der Waals surface area contributed by atoms with E-state index in [1.165, 1.54) is 0 Å². The first-order valence-corrected chi connectivity index (χ1v) is 9.11. The fourth-order valence-electron chi connectivity index (χ4n) is 2.93. The van der Waals surface area contributed by atoms with E-state index in [-0.39, 0.29) is 19.1 Å². The van der Waals surface area contributed by atoms with Crippen LogP contribution in [0.25, 0.3) is 11.0 Å². The van der Waals surface area contributed by atoms with Gasteiger partial charge in [-0.3, -0.25) is 4.79 Å². The van der Waals surface area contributed by atoms with Crippen LogP contribution in [0.1, 0.15) is 19.7 Å². The van der Waals surface area contributed by atoms with Crippen LogP contribution < -0.4 is 4.74 Å². The van der Waals surface area contributed by atoms with Gasteiger partial charge in [-0.15, -0.1) is 0 Å². The molecule has 0 saturated heterocycles. The summed E-state index contributed by atoms with van der Waals surface area (Å²) in [6.07, 6.45) is 0. The second-order valence-electron chi connectivity index (χ2n) is 5.89. The van der Waals surface area contributed by atoms with Crippen LogP contribution in [0.4, 0.5) is 0 Å². The molecule has 3 aromatic rings. The topological polar surface area (TPSA) is 47.4 Å². The number of likely N-dealkylation sites (N-methyl/N-ethyl adjacent to an activating group) is 1. The van der Waals surface area contributed by atoms with E-state index in [0.29, 0.717) is 29.7 Å². The molecule has 0 radical (unpaired) electrons. The van der Waals surface area contributed by atoms with E-state index >= 15 is 0 Å². The van der Waals surface area contributed by atoms with E-state index in [0.717, 1.165) is 11.0 Å². The molecule has 0 bridgehead atoms. The van der Waals surface area contributed by atoms with Crippen LogP contribution in [0.5, 0.6) is 5.75 Å². The number of para-hydroxylation sites is 3. The molecule has 136 valence electrons. The maximum atomic E-state index is 12.6. The predicted octanol–water partition coefficient (Wildman–Crippen LogP) is 4.14. The van der Waals surface area contributed by atoms with Crippen LogP contribution in [0.15, 0.2) is 48.5 Å². The molecule has 0 saturated carbocycles. The van der Waals surface area contributed by atoms with Crippen molar-refractivity contribution in [2.75, 3.05) is 13.1 Å². The van der Waals surface area contributed by atoms with E-state index in [1.807, 2.05) is 65.8 Å². The van der Waals surface area contributed by atoms with Gasteiger partial charge in [-0.05, 0) is 38.1 Å². The lowest BCUT2D eigenvalue weighted by Gasteiger charge is -2.20. The summed E-state index contributed by atoms with van der Waals surface area (Å²) in [5, 5.41) is 0.550. The van der Waals surface area contributed by atoms with Gasteiger partial charge in [-0.1, -0.05) is 35.9 Å². The van der Waals surface area contributed by atoms with Crippen LogP contribution in [-0.4, -0.2) is 33.4 Å². The molecule has 0 fully saturated rings. The zero-order valence-corrected chi connectivity index (χ0v) is 15.7. The monoisotopic (exact) mass is 371 g/mol. The molecule has 3 rings (SSSR count). The number of carbonyl (C=O) groups is 1. The van der Waals surface area contributed by atoms with Gasteiger partial charge in [0.25, 0.3) is 0 Å². The van der Waals surface area contributed by atoms with Crippen LogP contribution in [-0.2, 0) is 17.9 Å². The van der Waals surface area contributed by atoms with E-state index in [2.05, 4.69) is 4.98 Å². The highest BCUT2D eigenvalue weighted by Gasteiger charge is 2.17. The number of carbonyl (C=O) groups excluding carboxylic acids is 1. The van der Waals surface area contributed by atoms with E-state index in [9.17, 15) is 4.79 Å². The van der Waals surface area contributed by atoms with Gasteiger partial charge in [0, 0.05) is 13.1 Å². The largest absolute Gasteiger partial charge is 0.484 e. The number of hydrogen-bond acceptors (Lipinski definition) is 3. The van der Waals surface area contributed by atoms with Crippen LogP contribution in [0, 0.1) is 0 Å². The second-order valence-corrected chi connectivity index (χ2v) is 6.30. The number of ether oxygens (including phenoxy) is 1. The van der Waals surface area contributed by atoms with Gasteiger partial charge >= 0.3 is 0 Å². The van der Waals surface area contributed by atoms with E-state index in [4.69, 9.17) is 16.3 Å². The minimum atomic E-state index is 0.0668. The molecule has 1 aromatic heterocycles. The maximum absolute atomic E-state index is 12.6. The molecule has 1 amide bonds. The fourth-order valence-corrected chi connectivity index (χ4v) is 3.12. The Hall–Kier alpha value is -2.53. The SMILES string of the molecule is CCN(CC)C(=O)Cn1c(COc2ccccc2Cl)nc2ccccc21. The van der Waals surface area contributed by atoms with Crippen molar-refractivity contribution in [3.8, 4) is 5.75 Å². The summed E-state index contributed by atoms with van der Waals surface area (Å²) < 4.78 is 7.77. The summed E-state index contributed by atoms with van der Waals surface area (Å²) in [4.78, 5) is 19.1. The Bertz CT molecular complexity index is 903. The van der Waals surface area contributed by atoms with Gasteiger partial charge in [-0.25, -0.2) is 4.98 Å². The number of nitrogens with zero attached hydrogens (tertiary/aromatic N) is 3. The van der Waals surface area contributed by atoms with Crippen molar-refractivity contribution < 1.29 is 9.53 Å². The molecule has 0 aliphatic carbocycles. The smallest absolute Gasteiger partial charge is 0.242 e. The van der Waals surface area contributed by atoms with Gasteiger partial charge in [0.2, 0.25) is 5.91 Å². The van der Waals surface area contributed by atoms with Gasteiger partial charge < -0.3 is 14.2 Å². The highest BCUT2D eigenvalue weighted by molar-refractivity contribution is 6.32. The molecule has 6 heteroatoms. The van der Waals surface area contributed by atoms with Gasteiger partial charge in [0.1, 0.15) is 24.7 Å². The number of fused-ring (bicyclic) bond motifs is 1. The summed E-state index contributed by atoms with van der Waals surface area (Å²) in [5.41, 5.74) is 1.77. The molecule has 2 aromatic carbocycles. The lowest BCUT2D eigenvalue weighted by Crippen LogP contribution is -2.33. The molecule has 0 aliphatic heterocycles. The number of aromatic nitrogens is 2. The van der Waals surface area contributed by atoms with E-state index < -0.39 is 0 Å². The molecule has 0 unspecified atom stereocenters. The molecule has 5 nitrogen and oxygen atoms in total. The van der Waals surface area contributed by atoms with Crippen molar-refractivity contribution in [2.24, 2.45) is 0 Å². The first-order valence-electron chi connectivity index (χ1n) is 8.73. The predicted molar refractivity (Wildman–Crippen MR) is 103 cm³/mol. The summed E-state index contributed by atoms with van der Waals surface area (Å²) in [5.74, 6) is 1.37. The maximum Gasteiger partial charge on any atom is 0.242 e. The Kier molecular flexibility index (Phi) is 5.78. The Morgan fingerprint density at radius 3 is 2.54 bits per heavy atom. The lowest BCUT2D eigenvalue weighted by molar-refractivity contribution is -0.131. The van der Waals surface area contributed by atoms with Crippen molar-refractivity contribution in [2.45, 2.75) is 27.0 Å². The summed E-state index contributed by atoms with van der Waals surface area (Å²) in [6.45, 7) is 5.82. The quantitative estimate of drug-likeness (QED) is 0.627. The average Bonchev–Trinajstić information content (AvgIpc) is 3.00. The molecule has 0 aliphatic rings. The first kappa shape index (κ1) is 18.3. The molecule has 26 heavy (non-hydrogen) atoms. The summed E-state index contributed by atoms with van der Waals surface area (Å²) >= 11 is 6.16. The third-order valence-corrected chi connectivity index (χ3v) is 4.65. The van der Waals surface area contributed by atoms with Crippen LogP contribution in [0.3, 0.4) is 0 Å². The van der Waals surface area contributed by atoms with Gasteiger partial charge in [-0.2, -0.15) is 0 Å². The third kappa shape index (κ3) is 3.83. The number of halogens is 1. The van der Waals surface area contributed by atoms with Crippen molar-refractivity contribution in [3.63, 3.8) is 0 Å². The van der Waals surface area contributed by atoms with Crippen molar-refractivity contribution in [3.05, 3.63) is 59.4 Å². The van der Waals surface area contributed by atoms with Crippen LogP contribution >= 0.6 is 11.6 Å². The normalized spacial score (nSPS) is 10.9. The first-order chi connectivity index (χ1) is 12.6. The van der Waals surface area contributed by atoms with Gasteiger partial charge in [0.15, 0.2) is 0 Å². The Labute approximate surface area is 158 Å². The summed E-state index contributed by atoms with van der Waals surface area (Å²) in [7, 11) is 0. The average molecular weight is 372 g/mol.